The monoisotopic (exact) mass is 494 g/mol. The first-order chi connectivity index (χ1) is 17.4. The highest BCUT2D eigenvalue weighted by Gasteiger charge is 2.39. The van der Waals surface area contributed by atoms with Crippen molar-refractivity contribution < 1.29 is 29.0 Å². The van der Waals surface area contributed by atoms with E-state index in [9.17, 15) is 14.4 Å². The fourth-order valence-corrected chi connectivity index (χ4v) is 4.52. The van der Waals surface area contributed by atoms with Gasteiger partial charge in [0.1, 0.15) is 18.0 Å². The fraction of sp³-hybridized carbons (Fsp3) is 0.462. The van der Waals surface area contributed by atoms with Crippen LogP contribution in [0.25, 0.3) is 0 Å². The summed E-state index contributed by atoms with van der Waals surface area (Å²) in [5.41, 5.74) is 1.88. The van der Waals surface area contributed by atoms with E-state index in [2.05, 4.69) is 4.98 Å². The molecule has 1 atom stereocenters. The minimum atomic E-state index is -0.664. The molecule has 2 aromatic rings. The summed E-state index contributed by atoms with van der Waals surface area (Å²) < 4.78 is 11.7. The van der Waals surface area contributed by atoms with Crippen LogP contribution in [-0.2, 0) is 16.1 Å². The number of fused-ring (bicyclic) bond motifs is 1. The lowest BCUT2D eigenvalue weighted by molar-refractivity contribution is -0.131. The molecule has 36 heavy (non-hydrogen) atoms. The largest absolute Gasteiger partial charge is 0.492 e. The van der Waals surface area contributed by atoms with Gasteiger partial charge in [0.2, 0.25) is 5.91 Å². The highest BCUT2D eigenvalue weighted by Crippen LogP contribution is 2.35. The molecule has 10 heteroatoms. The van der Waals surface area contributed by atoms with E-state index in [0.717, 1.165) is 5.56 Å². The zero-order valence-electron chi connectivity index (χ0n) is 20.3. The van der Waals surface area contributed by atoms with Gasteiger partial charge in [0.05, 0.1) is 25.6 Å². The molecule has 190 valence electrons. The van der Waals surface area contributed by atoms with Crippen LogP contribution in [0.3, 0.4) is 0 Å². The third-order valence-electron chi connectivity index (χ3n) is 6.80. The molecule has 0 radical (unpaired) electrons. The number of hydrogen-bond acceptors (Lipinski definition) is 7. The summed E-state index contributed by atoms with van der Waals surface area (Å²) >= 11 is 0. The van der Waals surface area contributed by atoms with Gasteiger partial charge in [0.25, 0.3) is 11.8 Å². The Morgan fingerprint density at radius 3 is 2.78 bits per heavy atom. The predicted octanol–water partition coefficient (Wildman–Crippen LogP) is 1.46. The molecule has 1 aromatic carbocycles. The second-order valence-electron chi connectivity index (χ2n) is 9.50. The Balaban J connectivity index is 1.26. The Morgan fingerprint density at radius 2 is 2.00 bits per heavy atom. The quantitative estimate of drug-likeness (QED) is 0.532. The molecule has 3 amide bonds. The van der Waals surface area contributed by atoms with Crippen LogP contribution in [0.5, 0.6) is 11.5 Å². The van der Waals surface area contributed by atoms with E-state index < -0.39 is 6.10 Å². The molecule has 1 N–H and O–H groups in total. The van der Waals surface area contributed by atoms with Gasteiger partial charge in [-0.3, -0.25) is 19.4 Å². The zero-order valence-corrected chi connectivity index (χ0v) is 20.3. The van der Waals surface area contributed by atoms with Crippen molar-refractivity contribution in [1.82, 2.24) is 14.8 Å². The van der Waals surface area contributed by atoms with E-state index in [1.54, 1.807) is 42.5 Å². The first-order valence-electron chi connectivity index (χ1n) is 12.3. The maximum atomic E-state index is 13.3. The maximum Gasteiger partial charge on any atom is 0.268 e. The van der Waals surface area contributed by atoms with Crippen molar-refractivity contribution in [2.24, 2.45) is 5.92 Å². The van der Waals surface area contributed by atoms with E-state index in [4.69, 9.17) is 14.6 Å². The molecule has 0 bridgehead atoms. The predicted molar refractivity (Wildman–Crippen MR) is 130 cm³/mol. The summed E-state index contributed by atoms with van der Waals surface area (Å²) in [6.45, 7) is 1.33. The van der Waals surface area contributed by atoms with Crippen LogP contribution in [0.15, 0.2) is 36.7 Å². The van der Waals surface area contributed by atoms with E-state index in [1.807, 2.05) is 6.07 Å². The first-order valence-corrected chi connectivity index (χ1v) is 12.3. The van der Waals surface area contributed by atoms with Gasteiger partial charge in [0.15, 0.2) is 6.10 Å². The molecular formula is C26H30N4O6. The molecule has 2 aliphatic heterocycles. The van der Waals surface area contributed by atoms with Crippen LogP contribution in [0, 0.1) is 5.92 Å². The van der Waals surface area contributed by atoms with Crippen molar-refractivity contribution in [3.63, 3.8) is 0 Å². The maximum absolute atomic E-state index is 13.3. The summed E-state index contributed by atoms with van der Waals surface area (Å²) in [4.78, 5) is 47.4. The van der Waals surface area contributed by atoms with E-state index in [0.29, 0.717) is 48.2 Å². The van der Waals surface area contributed by atoms with Crippen LogP contribution in [0.2, 0.25) is 0 Å². The molecule has 3 heterocycles. The standard InChI is InChI=1S/C26H30N4O6/c1-28(9-10-31)24(32)15-29-14-21-20(25(29)33)3-2-4-22(21)30-8-7-23(26(30)34)36-19-11-18(12-27-13-19)35-16-17-5-6-17/h2-4,11-13,17,23,31H,5-10,14-16H2,1H3/t23-/m1/s1. The lowest BCUT2D eigenvalue weighted by Gasteiger charge is -2.22. The number of aromatic nitrogens is 1. The second-order valence-corrected chi connectivity index (χ2v) is 9.50. The van der Waals surface area contributed by atoms with Gasteiger partial charge in [-0.05, 0) is 30.9 Å². The molecule has 1 aromatic heterocycles. The summed E-state index contributed by atoms with van der Waals surface area (Å²) in [6, 6.07) is 7.05. The molecular weight excluding hydrogens is 464 g/mol. The normalized spacial score (nSPS) is 19.0. The van der Waals surface area contributed by atoms with Crippen LogP contribution in [0.1, 0.15) is 35.2 Å². The molecule has 1 saturated carbocycles. The Morgan fingerprint density at radius 1 is 1.19 bits per heavy atom. The van der Waals surface area contributed by atoms with E-state index in [-0.39, 0.29) is 44.0 Å². The number of anilines is 1. The minimum Gasteiger partial charge on any atom is -0.492 e. The third-order valence-corrected chi connectivity index (χ3v) is 6.80. The molecule has 1 saturated heterocycles. The molecule has 10 nitrogen and oxygen atoms in total. The van der Waals surface area contributed by atoms with Gasteiger partial charge < -0.3 is 29.3 Å². The molecule has 2 fully saturated rings. The number of nitrogens with zero attached hydrogens (tertiary/aromatic N) is 4. The number of hydrogen-bond donors (Lipinski definition) is 1. The van der Waals surface area contributed by atoms with Crippen molar-refractivity contribution in [3.8, 4) is 11.5 Å². The number of ether oxygens (including phenoxy) is 2. The summed E-state index contributed by atoms with van der Waals surface area (Å²) in [7, 11) is 1.59. The Bertz CT molecular complexity index is 1170. The van der Waals surface area contributed by atoms with Gasteiger partial charge >= 0.3 is 0 Å². The van der Waals surface area contributed by atoms with Crippen molar-refractivity contribution in [2.75, 3.05) is 44.8 Å². The second kappa shape index (κ2) is 10.1. The number of benzene rings is 1. The summed E-state index contributed by atoms with van der Waals surface area (Å²) in [5, 5.41) is 9.07. The van der Waals surface area contributed by atoms with Crippen molar-refractivity contribution in [1.29, 1.82) is 0 Å². The zero-order chi connectivity index (χ0) is 25.2. The molecule has 5 rings (SSSR count). The van der Waals surface area contributed by atoms with Crippen LogP contribution >= 0.6 is 0 Å². The topological polar surface area (TPSA) is 113 Å². The van der Waals surface area contributed by atoms with Crippen LogP contribution in [0.4, 0.5) is 5.69 Å². The number of pyridine rings is 1. The third kappa shape index (κ3) is 4.99. The van der Waals surface area contributed by atoms with Gasteiger partial charge in [0, 0.05) is 56.0 Å². The molecule has 0 unspecified atom stereocenters. The fourth-order valence-electron chi connectivity index (χ4n) is 4.52. The first kappa shape index (κ1) is 24.1. The van der Waals surface area contributed by atoms with Crippen molar-refractivity contribution in [3.05, 3.63) is 47.8 Å². The van der Waals surface area contributed by atoms with Crippen LogP contribution in [-0.4, -0.2) is 83.6 Å². The lowest BCUT2D eigenvalue weighted by Crippen LogP contribution is -2.39. The van der Waals surface area contributed by atoms with Crippen molar-refractivity contribution >= 4 is 23.4 Å². The number of carbonyl (C=O) groups excluding carboxylic acids is 3. The Hall–Kier alpha value is -3.66. The smallest absolute Gasteiger partial charge is 0.268 e. The number of aliphatic hydroxyl groups is 1. The number of aliphatic hydroxyl groups excluding tert-OH is 1. The summed E-state index contributed by atoms with van der Waals surface area (Å²) in [5.74, 6) is 1.04. The molecule has 0 spiro atoms. The number of amides is 3. The molecule has 3 aliphatic rings. The summed E-state index contributed by atoms with van der Waals surface area (Å²) in [6.07, 6.45) is 5.43. The highest BCUT2D eigenvalue weighted by atomic mass is 16.5. The number of rotatable bonds is 10. The van der Waals surface area contributed by atoms with Gasteiger partial charge in [-0.15, -0.1) is 0 Å². The van der Waals surface area contributed by atoms with Gasteiger partial charge in [-0.2, -0.15) is 0 Å². The highest BCUT2D eigenvalue weighted by molar-refractivity contribution is 6.05. The number of likely N-dealkylation sites (N-methyl/N-ethyl adjacent to an activating group) is 1. The average Bonchev–Trinajstić information content (AvgIpc) is 3.57. The van der Waals surface area contributed by atoms with Crippen molar-refractivity contribution in [2.45, 2.75) is 31.9 Å². The lowest BCUT2D eigenvalue weighted by atomic mass is 10.1. The molecule has 1 aliphatic carbocycles. The minimum absolute atomic E-state index is 0.0880. The van der Waals surface area contributed by atoms with Gasteiger partial charge in [-0.25, -0.2) is 0 Å². The SMILES string of the molecule is CN(CCO)C(=O)CN1Cc2c(cccc2N2CC[C@@H](Oc3cncc(OCC4CC4)c3)C2=O)C1=O. The van der Waals surface area contributed by atoms with Crippen LogP contribution < -0.4 is 14.4 Å². The number of carbonyl (C=O) groups is 3. The Labute approximate surface area is 209 Å². The van der Waals surface area contributed by atoms with Gasteiger partial charge in [-0.1, -0.05) is 6.07 Å². The van der Waals surface area contributed by atoms with E-state index in [1.165, 1.54) is 22.6 Å². The average molecular weight is 495 g/mol. The Kier molecular flexibility index (Phi) is 6.77. The van der Waals surface area contributed by atoms with E-state index >= 15 is 0 Å².